The molecule has 18 nitrogen and oxygen atoms in total. The van der Waals surface area contributed by atoms with Gasteiger partial charge in [0, 0.05) is 12.3 Å². The van der Waals surface area contributed by atoms with Gasteiger partial charge in [-0.15, -0.1) is 0 Å². The quantitative estimate of drug-likeness (QED) is 0.145. The molecule has 0 radical (unpaired) electrons. The molecule has 1 aromatic rings. The highest BCUT2D eigenvalue weighted by molar-refractivity contribution is 7.60. The molecule has 0 saturated carbocycles. The topological polar surface area (TPSA) is 288 Å². The molecule has 1 aromatic heterocycles. The average Bonchev–Trinajstić information content (AvgIpc) is 3.00. The summed E-state index contributed by atoms with van der Waals surface area (Å²) in [6.07, 6.45) is -17.8. The number of aromatic amines is 1. The molecule has 3 rings (SSSR count). The van der Waals surface area contributed by atoms with Crippen LogP contribution in [0.1, 0.15) is 13.2 Å². The average molecular weight is 550 g/mol. The monoisotopic (exact) mass is 550 g/mol. The minimum absolute atomic E-state index is 0.649. The molecule has 0 aliphatic carbocycles. The Morgan fingerprint density at radius 3 is 2.09 bits per heavy atom. The largest absolute Gasteiger partial charge is 0.481 e. The van der Waals surface area contributed by atoms with Crippen molar-refractivity contribution in [3.63, 3.8) is 0 Å². The van der Waals surface area contributed by atoms with E-state index < -0.39 is 88.1 Å². The minimum atomic E-state index is -5.71. The maximum atomic E-state index is 12.3. The summed E-state index contributed by atoms with van der Waals surface area (Å²) in [5.74, 6) is 0. The van der Waals surface area contributed by atoms with Crippen molar-refractivity contribution < 1.29 is 67.7 Å². The fraction of sp³-hybridized carbons (Fsp3) is 0.733. The van der Waals surface area contributed by atoms with Gasteiger partial charge in [0.05, 0.1) is 6.10 Å². The number of aliphatic hydroxyl groups is 5. The number of rotatable bonds is 7. The standard InChI is InChI=1S/C15H24N2O16P2/c1-4-6(19)7(20)8(21)11(30-4)13(32-35(28,29)33-34(25,26)27)12-9(22)10(23)14(31-12)17-3-2-5(18)16-15(17)24/h2-4,6-14,19-23H,1H3,(H,28,29)(H,16,18,24)(H2,25,26,27). The van der Waals surface area contributed by atoms with Crippen LogP contribution < -0.4 is 11.2 Å². The first-order valence-electron chi connectivity index (χ1n) is 9.83. The van der Waals surface area contributed by atoms with Crippen LogP contribution in [0.5, 0.6) is 0 Å². The van der Waals surface area contributed by atoms with Crippen LogP contribution in [0.25, 0.3) is 0 Å². The van der Waals surface area contributed by atoms with E-state index >= 15 is 0 Å². The van der Waals surface area contributed by atoms with Crippen molar-refractivity contribution in [2.45, 2.75) is 68.1 Å². The van der Waals surface area contributed by atoms with Gasteiger partial charge in [0.15, 0.2) is 6.23 Å². The number of phosphoric ester groups is 1. The summed E-state index contributed by atoms with van der Waals surface area (Å²) in [6.45, 7) is 1.23. The third-order valence-electron chi connectivity index (χ3n) is 5.40. The molecule has 2 aliphatic rings. The maximum absolute atomic E-state index is 12.3. The van der Waals surface area contributed by atoms with Crippen LogP contribution in [-0.4, -0.2) is 105 Å². The molecular weight excluding hydrogens is 526 g/mol. The van der Waals surface area contributed by atoms with Crippen LogP contribution in [0.2, 0.25) is 0 Å². The Morgan fingerprint density at radius 2 is 1.51 bits per heavy atom. The number of phosphoric acid groups is 2. The Kier molecular flexibility index (Phi) is 8.23. The van der Waals surface area contributed by atoms with E-state index in [2.05, 4.69) is 4.31 Å². The van der Waals surface area contributed by atoms with E-state index in [1.807, 2.05) is 4.98 Å². The second-order valence-electron chi connectivity index (χ2n) is 7.88. The lowest BCUT2D eigenvalue weighted by atomic mass is 9.89. The normalized spacial score (nSPS) is 38.7. The summed E-state index contributed by atoms with van der Waals surface area (Å²) in [5.41, 5.74) is -1.88. The van der Waals surface area contributed by atoms with E-state index in [9.17, 15) is 49.1 Å². The SMILES string of the molecule is CC1OC(C(OP(=O)(O)OP(=O)(O)O)C2OC(n3ccc(=O)[nH]c3=O)C(O)C2O)C(O)C(O)C1O. The highest BCUT2D eigenvalue weighted by Gasteiger charge is 2.56. The lowest BCUT2D eigenvalue weighted by molar-refractivity contribution is -0.251. The third kappa shape index (κ3) is 6.15. The number of hydrogen-bond acceptors (Lipinski definition) is 13. The van der Waals surface area contributed by atoms with Crippen LogP contribution in [0.4, 0.5) is 0 Å². The molecule has 0 spiro atoms. The lowest BCUT2D eigenvalue weighted by Gasteiger charge is -2.43. The molecule has 2 aliphatic heterocycles. The second-order valence-corrected chi connectivity index (χ2v) is 10.7. The molecule has 9 N–H and O–H groups in total. The zero-order chi connectivity index (χ0) is 26.5. The summed E-state index contributed by atoms with van der Waals surface area (Å²) in [4.78, 5) is 52.9. The van der Waals surface area contributed by atoms with Gasteiger partial charge in [-0.25, -0.2) is 13.9 Å². The number of nitrogens with zero attached hydrogens (tertiary/aromatic N) is 1. The highest BCUT2D eigenvalue weighted by Crippen LogP contribution is 2.59. The first kappa shape index (κ1) is 28.2. The summed E-state index contributed by atoms with van der Waals surface area (Å²) >= 11 is 0. The van der Waals surface area contributed by atoms with E-state index in [-0.39, 0.29) is 0 Å². The van der Waals surface area contributed by atoms with E-state index in [0.717, 1.165) is 12.3 Å². The van der Waals surface area contributed by atoms with Gasteiger partial charge in [0.1, 0.15) is 48.8 Å². The zero-order valence-electron chi connectivity index (χ0n) is 17.6. The first-order valence-corrected chi connectivity index (χ1v) is 12.9. The Morgan fingerprint density at radius 1 is 0.943 bits per heavy atom. The summed E-state index contributed by atoms with van der Waals surface area (Å²) in [6, 6.07) is 0.883. The molecule has 2 fully saturated rings. The highest BCUT2D eigenvalue weighted by atomic mass is 31.3. The molecule has 0 aromatic carbocycles. The van der Waals surface area contributed by atoms with Crippen molar-refractivity contribution in [1.29, 1.82) is 0 Å². The molecule has 20 heteroatoms. The summed E-state index contributed by atoms with van der Waals surface area (Å²) < 4.78 is 43.3. The van der Waals surface area contributed by atoms with Crippen molar-refractivity contribution in [2.24, 2.45) is 0 Å². The number of H-pyrrole nitrogens is 1. The van der Waals surface area contributed by atoms with Crippen molar-refractivity contribution in [3.8, 4) is 0 Å². The molecular formula is C15H24N2O16P2. The van der Waals surface area contributed by atoms with Crippen LogP contribution in [-0.2, 0) is 27.4 Å². The van der Waals surface area contributed by atoms with E-state index in [1.54, 1.807) is 0 Å². The Hall–Kier alpha value is -1.34. The van der Waals surface area contributed by atoms with E-state index in [0.29, 0.717) is 4.57 Å². The smallest absolute Gasteiger partial charge is 0.388 e. The van der Waals surface area contributed by atoms with Crippen LogP contribution in [0.3, 0.4) is 0 Å². The van der Waals surface area contributed by atoms with E-state index in [4.69, 9.17) is 23.8 Å². The van der Waals surface area contributed by atoms with Gasteiger partial charge in [-0.1, -0.05) is 0 Å². The first-order chi connectivity index (χ1) is 16.0. The van der Waals surface area contributed by atoms with Crippen molar-refractivity contribution >= 4 is 15.6 Å². The predicted octanol–water partition coefficient (Wildman–Crippen LogP) is -4.38. The van der Waals surface area contributed by atoms with Gasteiger partial charge in [-0.3, -0.25) is 18.9 Å². The van der Waals surface area contributed by atoms with Gasteiger partial charge in [-0.2, -0.15) is 4.31 Å². The molecule has 35 heavy (non-hydrogen) atoms. The Bertz CT molecular complexity index is 1120. The number of nitrogens with one attached hydrogen (secondary N) is 1. The molecule has 0 amide bonds. The van der Waals surface area contributed by atoms with Crippen LogP contribution in [0, 0.1) is 0 Å². The van der Waals surface area contributed by atoms with E-state index in [1.165, 1.54) is 6.92 Å². The van der Waals surface area contributed by atoms with Crippen molar-refractivity contribution in [1.82, 2.24) is 9.55 Å². The maximum Gasteiger partial charge on any atom is 0.481 e. The molecule has 11 unspecified atom stereocenters. The van der Waals surface area contributed by atoms with Gasteiger partial charge in [0.2, 0.25) is 0 Å². The van der Waals surface area contributed by atoms with Crippen molar-refractivity contribution in [3.05, 3.63) is 33.1 Å². The second kappa shape index (κ2) is 10.2. The van der Waals surface area contributed by atoms with Gasteiger partial charge >= 0.3 is 21.3 Å². The summed E-state index contributed by atoms with van der Waals surface area (Å²) in [5, 5.41) is 51.5. The van der Waals surface area contributed by atoms with Gasteiger partial charge in [-0.05, 0) is 6.92 Å². The molecule has 11 atom stereocenters. The fourth-order valence-electron chi connectivity index (χ4n) is 3.78. The lowest BCUT2D eigenvalue weighted by Crippen LogP contribution is -2.63. The van der Waals surface area contributed by atoms with Crippen LogP contribution >= 0.6 is 15.6 Å². The number of ether oxygens (including phenoxy) is 2. The molecule has 0 bridgehead atoms. The number of aliphatic hydroxyl groups excluding tert-OH is 5. The van der Waals surface area contributed by atoms with Gasteiger partial charge < -0.3 is 49.7 Å². The minimum Gasteiger partial charge on any atom is -0.388 e. The molecule has 200 valence electrons. The molecule has 2 saturated heterocycles. The predicted molar refractivity (Wildman–Crippen MR) is 107 cm³/mol. The summed E-state index contributed by atoms with van der Waals surface area (Å²) in [7, 11) is -11.3. The third-order valence-corrected chi connectivity index (χ3v) is 7.59. The van der Waals surface area contributed by atoms with Crippen molar-refractivity contribution in [2.75, 3.05) is 0 Å². The fourth-order valence-corrected chi connectivity index (χ4v) is 5.56. The number of hydrogen-bond donors (Lipinski definition) is 9. The Balaban J connectivity index is 2.01. The molecule has 3 heterocycles. The Labute approximate surface area is 194 Å². The van der Waals surface area contributed by atoms with Crippen LogP contribution in [0.15, 0.2) is 21.9 Å². The van der Waals surface area contributed by atoms with Gasteiger partial charge in [0.25, 0.3) is 5.56 Å². The zero-order valence-corrected chi connectivity index (χ0v) is 19.4. The number of aromatic nitrogens is 2.